The van der Waals surface area contributed by atoms with Gasteiger partial charge in [-0.3, -0.25) is 0 Å². The van der Waals surface area contributed by atoms with Crippen LogP contribution in [0.1, 0.15) is 5.56 Å². The lowest BCUT2D eigenvalue weighted by Crippen LogP contribution is -1.92. The number of hydrogen-bond acceptors (Lipinski definition) is 1. The van der Waals surface area contributed by atoms with Gasteiger partial charge < -0.3 is 9.58 Å². The zero-order chi connectivity index (χ0) is 8.97. The van der Waals surface area contributed by atoms with Crippen LogP contribution in [0.5, 0.6) is 5.75 Å². The Morgan fingerprint density at radius 2 is 2.33 bits per heavy atom. The highest BCUT2D eigenvalue weighted by Crippen LogP contribution is 2.20. The molecule has 0 spiro atoms. The molecular weight excluding hydrogens is 157 g/mol. The van der Waals surface area contributed by atoms with Crippen molar-refractivity contribution in [3.63, 3.8) is 0 Å². The van der Waals surface area contributed by atoms with Crippen molar-refractivity contribution in [2.75, 3.05) is 7.11 Å². The molecule has 0 aliphatic heterocycles. The molecule has 0 amide bonds. The molecule has 1 aromatic carbocycles. The molecule has 0 saturated carbocycles. The molecule has 0 aliphatic carbocycles. The van der Waals surface area contributed by atoms with Gasteiger partial charge in [-0.1, -0.05) is 6.07 Å². The van der Waals surface area contributed by atoms with E-state index in [1.54, 1.807) is 12.1 Å². The minimum absolute atomic E-state index is 0.0586. The van der Waals surface area contributed by atoms with E-state index in [1.165, 1.54) is 13.2 Å². The fourth-order valence-electron chi connectivity index (χ4n) is 0.921. The molecule has 62 valence electrons. The van der Waals surface area contributed by atoms with E-state index in [9.17, 15) is 4.39 Å². The second kappa shape index (κ2) is 3.72. The molecule has 0 heterocycles. The summed E-state index contributed by atoms with van der Waals surface area (Å²) in [5.41, 5.74) is 0.379. The topological polar surface area (TPSA) is 13.6 Å². The van der Waals surface area contributed by atoms with Gasteiger partial charge in [0.1, 0.15) is 0 Å². The van der Waals surface area contributed by atoms with Crippen LogP contribution >= 0.6 is 0 Å². The molecule has 3 heteroatoms. The summed E-state index contributed by atoms with van der Waals surface area (Å²) in [6, 6.07) is 4.78. The Bertz CT molecular complexity index is 317. The molecule has 0 bridgehead atoms. The van der Waals surface area contributed by atoms with Crippen LogP contribution in [0.2, 0.25) is 0 Å². The molecule has 1 aromatic rings. The summed E-state index contributed by atoms with van der Waals surface area (Å²) in [5.74, 6) is -0.243. The lowest BCUT2D eigenvalue weighted by molar-refractivity contribution is 0.384. The third-order valence-corrected chi connectivity index (χ3v) is 1.51. The average molecular weight is 165 g/mol. The average Bonchev–Trinajstić information content (AvgIpc) is 2.09. The first-order chi connectivity index (χ1) is 5.79. The maximum Gasteiger partial charge on any atom is 0.242 e. The Balaban J connectivity index is 3.07. The molecule has 1 rings (SSSR count). The summed E-state index contributed by atoms with van der Waals surface area (Å²) in [4.78, 5) is 3.10. The van der Waals surface area contributed by atoms with Crippen LogP contribution in [0.25, 0.3) is 4.85 Å². The Morgan fingerprint density at radius 3 is 2.92 bits per heavy atom. The predicted octanol–water partition coefficient (Wildman–Crippen LogP) is 2.25. The Labute approximate surface area is 70.4 Å². The summed E-state index contributed by atoms with van der Waals surface area (Å²) in [5, 5.41) is 0. The third-order valence-electron chi connectivity index (χ3n) is 1.51. The Morgan fingerprint density at radius 1 is 1.58 bits per heavy atom. The number of ether oxygens (including phenoxy) is 1. The van der Waals surface area contributed by atoms with Crippen molar-refractivity contribution in [1.29, 1.82) is 0 Å². The molecule has 0 unspecified atom stereocenters. The number of rotatable bonds is 2. The zero-order valence-corrected chi connectivity index (χ0v) is 6.67. The molecule has 0 atom stereocenters. The second-order valence-electron chi connectivity index (χ2n) is 2.25. The molecule has 2 nitrogen and oxygen atoms in total. The van der Waals surface area contributed by atoms with Crippen LogP contribution in [0.15, 0.2) is 18.2 Å². The van der Waals surface area contributed by atoms with Gasteiger partial charge in [-0.15, -0.1) is 0 Å². The number of nitrogens with zero attached hydrogens (tertiary/aromatic N) is 1. The molecular formula is C9H8FNO. The molecule has 0 aromatic heterocycles. The van der Waals surface area contributed by atoms with Gasteiger partial charge in [0.15, 0.2) is 11.6 Å². The van der Waals surface area contributed by atoms with Gasteiger partial charge in [0.25, 0.3) is 0 Å². The van der Waals surface area contributed by atoms with Crippen molar-refractivity contribution in [3.05, 3.63) is 41.0 Å². The van der Waals surface area contributed by atoms with Crippen molar-refractivity contribution < 1.29 is 9.13 Å². The largest absolute Gasteiger partial charge is 0.494 e. The van der Waals surface area contributed by atoms with Crippen molar-refractivity contribution in [3.8, 4) is 5.75 Å². The van der Waals surface area contributed by atoms with Crippen LogP contribution in [0, 0.1) is 12.4 Å². The number of methoxy groups -OCH3 is 1. The number of hydrogen-bond donors (Lipinski definition) is 0. The Kier molecular flexibility index (Phi) is 2.65. The number of benzene rings is 1. The normalized spacial score (nSPS) is 9.08. The standard InChI is InChI=1S/C9H8FNO/c1-11-6-7-4-3-5-8(12-2)9(7)10/h3-5H,6H2,2H3. The molecule has 0 fully saturated rings. The molecule has 0 saturated heterocycles. The lowest BCUT2D eigenvalue weighted by atomic mass is 10.2. The van der Waals surface area contributed by atoms with Crippen molar-refractivity contribution in [2.24, 2.45) is 0 Å². The number of halogens is 1. The highest BCUT2D eigenvalue weighted by molar-refractivity contribution is 5.31. The van der Waals surface area contributed by atoms with E-state index in [2.05, 4.69) is 4.85 Å². The smallest absolute Gasteiger partial charge is 0.242 e. The SMILES string of the molecule is [C-]#[N+]Cc1cccc(OC)c1F. The van der Waals surface area contributed by atoms with E-state index in [0.717, 1.165) is 0 Å². The van der Waals surface area contributed by atoms with Gasteiger partial charge in [0, 0.05) is 0 Å². The summed E-state index contributed by atoms with van der Waals surface area (Å²) >= 11 is 0. The maximum absolute atomic E-state index is 13.2. The summed E-state index contributed by atoms with van der Waals surface area (Å²) in [7, 11) is 1.40. The van der Waals surface area contributed by atoms with Gasteiger partial charge in [0.05, 0.1) is 12.7 Å². The van der Waals surface area contributed by atoms with Crippen molar-refractivity contribution in [2.45, 2.75) is 6.54 Å². The molecule has 12 heavy (non-hydrogen) atoms. The van der Waals surface area contributed by atoms with E-state index in [4.69, 9.17) is 11.3 Å². The molecule has 0 aliphatic rings. The van der Waals surface area contributed by atoms with Crippen molar-refractivity contribution >= 4 is 0 Å². The monoisotopic (exact) mass is 165 g/mol. The van der Waals surface area contributed by atoms with Gasteiger partial charge in [-0.2, -0.15) is 0 Å². The van der Waals surface area contributed by atoms with Crippen LogP contribution in [-0.4, -0.2) is 7.11 Å². The van der Waals surface area contributed by atoms with Crippen LogP contribution < -0.4 is 4.74 Å². The predicted molar refractivity (Wildman–Crippen MR) is 43.3 cm³/mol. The van der Waals surface area contributed by atoms with Gasteiger partial charge in [-0.25, -0.2) is 11.0 Å². The van der Waals surface area contributed by atoms with Crippen LogP contribution in [-0.2, 0) is 6.54 Å². The van der Waals surface area contributed by atoms with E-state index < -0.39 is 5.82 Å². The fourth-order valence-corrected chi connectivity index (χ4v) is 0.921. The molecule has 0 radical (unpaired) electrons. The van der Waals surface area contributed by atoms with Crippen LogP contribution in [0.4, 0.5) is 4.39 Å². The lowest BCUT2D eigenvalue weighted by Gasteiger charge is -2.02. The summed E-state index contributed by atoms with van der Waals surface area (Å²) < 4.78 is 17.9. The van der Waals surface area contributed by atoms with Gasteiger partial charge in [-0.05, 0) is 12.1 Å². The summed E-state index contributed by atoms with van der Waals surface area (Å²) in [6.45, 7) is 6.64. The first-order valence-corrected chi connectivity index (χ1v) is 3.44. The zero-order valence-electron chi connectivity index (χ0n) is 6.67. The van der Waals surface area contributed by atoms with E-state index in [1.807, 2.05) is 0 Å². The minimum atomic E-state index is -0.434. The van der Waals surface area contributed by atoms with E-state index >= 15 is 0 Å². The van der Waals surface area contributed by atoms with Crippen molar-refractivity contribution in [1.82, 2.24) is 0 Å². The first kappa shape index (κ1) is 8.54. The maximum atomic E-state index is 13.2. The quantitative estimate of drug-likeness (QED) is 0.613. The highest BCUT2D eigenvalue weighted by Gasteiger charge is 2.08. The third kappa shape index (κ3) is 1.54. The fraction of sp³-hybridized carbons (Fsp3) is 0.222. The summed E-state index contributed by atoms with van der Waals surface area (Å²) in [6.07, 6.45) is 0. The highest BCUT2D eigenvalue weighted by atomic mass is 19.1. The van der Waals surface area contributed by atoms with E-state index in [0.29, 0.717) is 5.56 Å². The van der Waals surface area contributed by atoms with E-state index in [-0.39, 0.29) is 12.3 Å². The van der Waals surface area contributed by atoms with Gasteiger partial charge >= 0.3 is 0 Å². The van der Waals surface area contributed by atoms with Crippen LogP contribution in [0.3, 0.4) is 0 Å². The first-order valence-electron chi connectivity index (χ1n) is 3.44. The molecule has 0 N–H and O–H groups in total. The second-order valence-corrected chi connectivity index (χ2v) is 2.25. The van der Waals surface area contributed by atoms with Gasteiger partial charge in [0.2, 0.25) is 6.54 Å². The Hall–Kier alpha value is -1.56. The minimum Gasteiger partial charge on any atom is -0.494 e.